The summed E-state index contributed by atoms with van der Waals surface area (Å²) in [4.78, 5) is 12.5. The first-order chi connectivity index (χ1) is 13.1. The van der Waals surface area contributed by atoms with Gasteiger partial charge in [0.1, 0.15) is 11.4 Å². The van der Waals surface area contributed by atoms with E-state index in [-0.39, 0.29) is 24.0 Å². The number of aliphatic imine (C=N–C) groups is 1. The molecule has 0 saturated carbocycles. The van der Waals surface area contributed by atoms with Crippen LogP contribution in [0.2, 0.25) is 0 Å². The van der Waals surface area contributed by atoms with Crippen molar-refractivity contribution in [2.75, 3.05) is 19.6 Å². The van der Waals surface area contributed by atoms with Gasteiger partial charge >= 0.3 is 0 Å². The smallest absolute Gasteiger partial charge is 0.191 e. The van der Waals surface area contributed by atoms with Crippen LogP contribution in [0.15, 0.2) is 46.1 Å². The molecule has 0 aliphatic rings. The molecule has 0 amide bonds. The number of benzene rings is 1. The molecule has 152 valence electrons. The number of H-pyrrole nitrogens is 1. The molecule has 4 N–H and O–H groups in total. The average molecular weight is 513 g/mol. The second-order valence-corrected chi connectivity index (χ2v) is 7.49. The second-order valence-electron chi connectivity index (χ2n) is 6.71. The van der Waals surface area contributed by atoms with E-state index in [0.29, 0.717) is 6.54 Å². The van der Waals surface area contributed by atoms with Crippen LogP contribution in [-0.2, 0) is 12.0 Å². The van der Waals surface area contributed by atoms with Crippen LogP contribution >= 0.6 is 35.3 Å². The van der Waals surface area contributed by atoms with Crippen molar-refractivity contribution in [3.05, 3.63) is 52.5 Å². The summed E-state index contributed by atoms with van der Waals surface area (Å²) in [7, 11) is 0. The maximum atomic E-state index is 10.6. The molecule has 1 aromatic carbocycles. The van der Waals surface area contributed by atoms with Crippen molar-refractivity contribution in [3.8, 4) is 0 Å². The highest BCUT2D eigenvalue weighted by Crippen LogP contribution is 2.23. The third kappa shape index (κ3) is 6.18. The van der Waals surface area contributed by atoms with Gasteiger partial charge in [0.05, 0.1) is 17.6 Å². The summed E-state index contributed by atoms with van der Waals surface area (Å²) in [6.07, 6.45) is 1.80. The number of nitrogens with zero attached hydrogens (tertiary/aromatic N) is 2. The lowest BCUT2D eigenvalue weighted by atomic mass is 10.00. The van der Waals surface area contributed by atoms with Crippen molar-refractivity contribution in [2.24, 2.45) is 4.99 Å². The van der Waals surface area contributed by atoms with E-state index in [0.717, 1.165) is 54.3 Å². The maximum absolute atomic E-state index is 10.6. The third-order valence-electron chi connectivity index (χ3n) is 4.35. The summed E-state index contributed by atoms with van der Waals surface area (Å²) >= 11 is 1.58. The second kappa shape index (κ2) is 10.8. The number of rotatable bonds is 8. The summed E-state index contributed by atoms with van der Waals surface area (Å²) in [5.74, 6) is 1.72. The molecule has 0 fully saturated rings. The Morgan fingerprint density at radius 1 is 1.29 bits per heavy atom. The lowest BCUT2D eigenvalue weighted by molar-refractivity contribution is 0.0677. The standard InChI is InChI=1S/C20H27N5OS.HI/c1-3-21-19(23-14-20(2,26)15-10-12-27-13-15)22-11-6-9-18-24-16-7-4-5-8-17(16)25-18;/h4-5,7-8,10,12-13,26H,3,6,9,11,14H2,1-2H3,(H,24,25)(H2,21,22,23);1H. The average Bonchev–Trinajstić information content (AvgIpc) is 3.32. The van der Waals surface area contributed by atoms with Gasteiger partial charge in [-0.3, -0.25) is 0 Å². The molecule has 0 radical (unpaired) electrons. The molecule has 0 spiro atoms. The lowest BCUT2D eigenvalue weighted by Crippen LogP contribution is -2.39. The van der Waals surface area contributed by atoms with E-state index in [2.05, 4.69) is 25.6 Å². The quantitative estimate of drug-likeness (QED) is 0.160. The fourth-order valence-electron chi connectivity index (χ4n) is 2.82. The van der Waals surface area contributed by atoms with Crippen molar-refractivity contribution in [1.29, 1.82) is 0 Å². The van der Waals surface area contributed by atoms with Crippen molar-refractivity contribution < 1.29 is 5.11 Å². The molecule has 2 aromatic heterocycles. The highest BCUT2D eigenvalue weighted by Gasteiger charge is 2.23. The molecular weight excluding hydrogens is 485 g/mol. The molecular formula is C20H28IN5OS. The summed E-state index contributed by atoms with van der Waals surface area (Å²) in [5, 5.41) is 21.1. The van der Waals surface area contributed by atoms with Crippen LogP contribution in [0.1, 0.15) is 31.7 Å². The van der Waals surface area contributed by atoms with Crippen LogP contribution in [0, 0.1) is 0 Å². The van der Waals surface area contributed by atoms with Crippen LogP contribution in [0.4, 0.5) is 0 Å². The molecule has 0 saturated heterocycles. The van der Waals surface area contributed by atoms with Gasteiger partial charge in [-0.2, -0.15) is 11.3 Å². The van der Waals surface area contributed by atoms with Gasteiger partial charge in [-0.25, -0.2) is 9.98 Å². The molecule has 1 unspecified atom stereocenters. The number of hydrogen-bond acceptors (Lipinski definition) is 4. The number of para-hydroxylation sites is 2. The van der Waals surface area contributed by atoms with E-state index < -0.39 is 5.60 Å². The Labute approximate surface area is 186 Å². The summed E-state index contributed by atoms with van der Waals surface area (Å²) in [6.45, 7) is 5.69. The number of fused-ring (bicyclic) bond motifs is 1. The van der Waals surface area contributed by atoms with Gasteiger partial charge in [-0.05, 0) is 54.8 Å². The minimum atomic E-state index is -0.962. The Kier molecular flexibility index (Phi) is 8.71. The number of aliphatic hydroxyl groups is 1. The van der Waals surface area contributed by atoms with Crippen molar-refractivity contribution in [3.63, 3.8) is 0 Å². The monoisotopic (exact) mass is 513 g/mol. The van der Waals surface area contributed by atoms with Gasteiger partial charge in [0, 0.05) is 19.5 Å². The number of aryl methyl sites for hydroxylation is 1. The number of aromatic amines is 1. The van der Waals surface area contributed by atoms with Crippen molar-refractivity contribution in [1.82, 2.24) is 20.6 Å². The van der Waals surface area contributed by atoms with Gasteiger partial charge in [0.15, 0.2) is 5.96 Å². The topological polar surface area (TPSA) is 85.3 Å². The predicted octanol–water partition coefficient (Wildman–Crippen LogP) is 3.64. The Hall–Kier alpha value is -1.65. The molecule has 28 heavy (non-hydrogen) atoms. The lowest BCUT2D eigenvalue weighted by Gasteiger charge is -2.21. The zero-order valence-electron chi connectivity index (χ0n) is 16.2. The van der Waals surface area contributed by atoms with Crippen molar-refractivity contribution in [2.45, 2.75) is 32.3 Å². The number of thiophene rings is 1. The van der Waals surface area contributed by atoms with Crippen LogP contribution in [0.25, 0.3) is 11.0 Å². The van der Waals surface area contributed by atoms with E-state index in [9.17, 15) is 5.11 Å². The van der Waals surface area contributed by atoms with Gasteiger partial charge < -0.3 is 20.7 Å². The molecule has 0 aliphatic heterocycles. The number of guanidine groups is 1. The highest BCUT2D eigenvalue weighted by atomic mass is 127. The minimum absolute atomic E-state index is 0. The van der Waals surface area contributed by atoms with Crippen LogP contribution < -0.4 is 10.6 Å². The SMILES string of the molecule is CCNC(=NCC(C)(O)c1ccsc1)NCCCc1nc2ccccc2[nH]1.I. The largest absolute Gasteiger partial charge is 0.383 e. The molecule has 3 aromatic rings. The Morgan fingerprint density at radius 2 is 2.11 bits per heavy atom. The first-order valence-electron chi connectivity index (χ1n) is 9.29. The Morgan fingerprint density at radius 3 is 2.82 bits per heavy atom. The van der Waals surface area contributed by atoms with Crippen molar-refractivity contribution >= 4 is 52.3 Å². The molecule has 0 aliphatic carbocycles. The van der Waals surface area contributed by atoms with Gasteiger partial charge in [0.2, 0.25) is 0 Å². The molecule has 0 bridgehead atoms. The van der Waals surface area contributed by atoms with Gasteiger partial charge in [0.25, 0.3) is 0 Å². The van der Waals surface area contributed by atoms with E-state index in [1.54, 1.807) is 18.3 Å². The fourth-order valence-corrected chi connectivity index (χ4v) is 3.61. The molecule has 8 heteroatoms. The number of hydrogen-bond donors (Lipinski definition) is 4. The highest BCUT2D eigenvalue weighted by molar-refractivity contribution is 14.0. The van der Waals surface area contributed by atoms with E-state index >= 15 is 0 Å². The van der Waals surface area contributed by atoms with Crippen LogP contribution in [0.3, 0.4) is 0 Å². The van der Waals surface area contributed by atoms with E-state index in [4.69, 9.17) is 0 Å². The maximum Gasteiger partial charge on any atom is 0.191 e. The molecule has 2 heterocycles. The molecule has 3 rings (SSSR count). The first kappa shape index (κ1) is 22.6. The minimum Gasteiger partial charge on any atom is -0.383 e. The number of imidazole rings is 1. The summed E-state index contributed by atoms with van der Waals surface area (Å²) in [5.41, 5.74) is 2.02. The molecule has 6 nitrogen and oxygen atoms in total. The fraction of sp³-hybridized carbons (Fsp3) is 0.400. The Balaban J connectivity index is 0.00000280. The first-order valence-corrected chi connectivity index (χ1v) is 10.2. The van der Waals surface area contributed by atoms with Gasteiger partial charge in [-0.1, -0.05) is 12.1 Å². The molecule has 1 atom stereocenters. The number of nitrogens with one attached hydrogen (secondary N) is 3. The summed E-state index contributed by atoms with van der Waals surface area (Å²) < 4.78 is 0. The zero-order valence-corrected chi connectivity index (χ0v) is 19.4. The van der Waals surface area contributed by atoms with E-state index in [1.165, 1.54) is 0 Å². The van der Waals surface area contributed by atoms with E-state index in [1.807, 2.05) is 48.0 Å². The predicted molar refractivity (Wildman–Crippen MR) is 128 cm³/mol. The van der Waals surface area contributed by atoms with Gasteiger partial charge in [-0.15, -0.1) is 24.0 Å². The summed E-state index contributed by atoms with van der Waals surface area (Å²) in [6, 6.07) is 10.0. The number of aromatic nitrogens is 2. The van der Waals surface area contributed by atoms with Crippen LogP contribution in [0.5, 0.6) is 0 Å². The van der Waals surface area contributed by atoms with Crippen LogP contribution in [-0.4, -0.2) is 40.7 Å². The Bertz CT molecular complexity index is 843. The third-order valence-corrected chi connectivity index (χ3v) is 5.04. The number of halogens is 1. The normalized spacial score (nSPS) is 13.8. The zero-order chi connectivity index (χ0) is 19.1.